The lowest BCUT2D eigenvalue weighted by Crippen LogP contribution is -2.40. The maximum atomic E-state index is 12.5. The van der Waals surface area contributed by atoms with Gasteiger partial charge in [-0.25, -0.2) is 0 Å². The molecule has 1 aliphatic rings. The number of carbonyl (C=O) groups excluding carboxylic acids is 1. The second-order valence-electron chi connectivity index (χ2n) is 6.12. The fourth-order valence-corrected chi connectivity index (χ4v) is 2.85. The summed E-state index contributed by atoms with van der Waals surface area (Å²) in [4.78, 5) is 24.8. The first-order chi connectivity index (χ1) is 11.7. The molecule has 1 atom stereocenters. The van der Waals surface area contributed by atoms with Gasteiger partial charge in [0.15, 0.2) is 6.61 Å². The first-order valence-electron chi connectivity index (χ1n) is 8.05. The summed E-state index contributed by atoms with van der Waals surface area (Å²) in [7, 11) is 0. The fraction of sp³-hybridized carbons (Fsp3) is 0.529. The molecule has 0 bridgehead atoms. The van der Waals surface area contributed by atoms with Crippen molar-refractivity contribution in [2.24, 2.45) is 5.92 Å². The molecule has 0 saturated carbocycles. The van der Waals surface area contributed by atoms with E-state index in [9.17, 15) is 22.8 Å². The average Bonchev–Trinajstić information content (AvgIpc) is 2.57. The Morgan fingerprint density at radius 2 is 1.92 bits per heavy atom. The normalized spacial score (nSPS) is 18.0. The molecule has 0 radical (unpaired) electrons. The lowest BCUT2D eigenvalue weighted by molar-refractivity contribution is -0.153. The number of rotatable bonds is 6. The summed E-state index contributed by atoms with van der Waals surface area (Å²) < 4.78 is 41.0. The molecule has 1 heterocycles. The third kappa shape index (κ3) is 6.28. The van der Waals surface area contributed by atoms with Gasteiger partial charge >= 0.3 is 12.1 Å². The Morgan fingerprint density at radius 1 is 1.24 bits per heavy atom. The van der Waals surface area contributed by atoms with Crippen LogP contribution in [-0.2, 0) is 4.79 Å². The molecule has 1 unspecified atom stereocenters. The second kappa shape index (κ2) is 8.22. The highest BCUT2D eigenvalue weighted by Crippen LogP contribution is 2.24. The van der Waals surface area contributed by atoms with Crippen LogP contribution in [0, 0.1) is 5.92 Å². The van der Waals surface area contributed by atoms with Crippen LogP contribution in [0.1, 0.15) is 36.0 Å². The molecule has 1 aliphatic heterocycles. The quantitative estimate of drug-likeness (QED) is 0.846. The number of carbonyl (C=O) groups is 2. The predicted octanol–water partition coefficient (Wildman–Crippen LogP) is 3.34. The van der Waals surface area contributed by atoms with Crippen LogP contribution in [0.25, 0.3) is 0 Å². The van der Waals surface area contributed by atoms with Crippen LogP contribution in [0.2, 0.25) is 0 Å². The summed E-state index contributed by atoms with van der Waals surface area (Å²) in [6.07, 6.45) is -2.10. The predicted molar refractivity (Wildman–Crippen MR) is 83.5 cm³/mol. The number of nitrogens with zero attached hydrogens (tertiary/aromatic N) is 1. The Kier molecular flexibility index (Phi) is 6.27. The van der Waals surface area contributed by atoms with E-state index in [2.05, 4.69) is 4.74 Å². The SMILES string of the molecule is O=C(O)CCC1CCCN(C(=O)c2ccc(OCC(F)(F)F)cc2)C1. The van der Waals surface area contributed by atoms with Crippen LogP contribution in [-0.4, -0.2) is 47.8 Å². The fourth-order valence-electron chi connectivity index (χ4n) is 2.85. The molecule has 5 nitrogen and oxygen atoms in total. The minimum atomic E-state index is -4.41. The van der Waals surface area contributed by atoms with E-state index in [0.29, 0.717) is 25.1 Å². The molecule has 1 aromatic rings. The van der Waals surface area contributed by atoms with Gasteiger partial charge in [0.2, 0.25) is 0 Å². The van der Waals surface area contributed by atoms with E-state index in [-0.39, 0.29) is 24.0 Å². The Bertz CT molecular complexity index is 601. The number of likely N-dealkylation sites (tertiary alicyclic amines) is 1. The summed E-state index contributed by atoms with van der Waals surface area (Å²) in [5.41, 5.74) is 0.373. The maximum absolute atomic E-state index is 12.5. The van der Waals surface area contributed by atoms with Crippen molar-refractivity contribution in [3.05, 3.63) is 29.8 Å². The number of amides is 1. The zero-order valence-corrected chi connectivity index (χ0v) is 13.6. The van der Waals surface area contributed by atoms with E-state index in [1.807, 2.05) is 0 Å². The third-order valence-corrected chi connectivity index (χ3v) is 4.08. The number of hydrogen-bond acceptors (Lipinski definition) is 3. The summed E-state index contributed by atoms with van der Waals surface area (Å²) in [5.74, 6) is -0.852. The van der Waals surface area contributed by atoms with Gasteiger partial charge in [0.25, 0.3) is 5.91 Å². The van der Waals surface area contributed by atoms with E-state index >= 15 is 0 Å². The Balaban J connectivity index is 1.92. The minimum absolute atomic E-state index is 0.0480. The van der Waals surface area contributed by atoms with Gasteiger partial charge in [-0.3, -0.25) is 9.59 Å². The van der Waals surface area contributed by atoms with Crippen molar-refractivity contribution in [3.8, 4) is 5.75 Å². The molecule has 1 amide bonds. The van der Waals surface area contributed by atoms with E-state index < -0.39 is 18.8 Å². The molecule has 0 spiro atoms. The van der Waals surface area contributed by atoms with Gasteiger partial charge in [-0.1, -0.05) is 0 Å². The first kappa shape index (κ1) is 19.1. The molecular weight excluding hydrogens is 339 g/mol. The molecule has 8 heteroatoms. The number of carboxylic acid groups (broad SMARTS) is 1. The molecule has 1 fully saturated rings. The lowest BCUT2D eigenvalue weighted by atomic mass is 9.93. The number of piperidine rings is 1. The van der Waals surface area contributed by atoms with Gasteiger partial charge < -0.3 is 14.7 Å². The maximum Gasteiger partial charge on any atom is 0.422 e. The van der Waals surface area contributed by atoms with Crippen LogP contribution in [0.15, 0.2) is 24.3 Å². The molecule has 0 aromatic heterocycles. The summed E-state index contributed by atoms with van der Waals surface area (Å²) in [6.45, 7) is -0.287. The number of aliphatic carboxylic acids is 1. The van der Waals surface area contributed by atoms with Crippen molar-refractivity contribution < 1.29 is 32.6 Å². The van der Waals surface area contributed by atoms with Crippen LogP contribution in [0.3, 0.4) is 0 Å². The lowest BCUT2D eigenvalue weighted by Gasteiger charge is -2.32. The van der Waals surface area contributed by atoms with Crippen molar-refractivity contribution in [1.82, 2.24) is 4.90 Å². The number of benzene rings is 1. The van der Waals surface area contributed by atoms with Gasteiger partial charge in [0.05, 0.1) is 0 Å². The van der Waals surface area contributed by atoms with Gasteiger partial charge in [-0.2, -0.15) is 13.2 Å². The highest BCUT2D eigenvalue weighted by molar-refractivity contribution is 5.94. The van der Waals surface area contributed by atoms with Gasteiger partial charge in [-0.05, 0) is 49.4 Å². The molecular formula is C17H20F3NO4. The van der Waals surface area contributed by atoms with Gasteiger partial charge in [0, 0.05) is 25.1 Å². The van der Waals surface area contributed by atoms with Crippen molar-refractivity contribution in [2.75, 3.05) is 19.7 Å². The van der Waals surface area contributed by atoms with Gasteiger partial charge in [0.1, 0.15) is 5.75 Å². The van der Waals surface area contributed by atoms with Crippen LogP contribution in [0.4, 0.5) is 13.2 Å². The highest BCUT2D eigenvalue weighted by Gasteiger charge is 2.28. The minimum Gasteiger partial charge on any atom is -0.484 e. The molecule has 138 valence electrons. The molecule has 1 N–H and O–H groups in total. The van der Waals surface area contributed by atoms with Crippen LogP contribution < -0.4 is 4.74 Å². The molecule has 0 aliphatic carbocycles. The van der Waals surface area contributed by atoms with E-state index in [1.54, 1.807) is 4.90 Å². The van der Waals surface area contributed by atoms with Crippen molar-refractivity contribution in [3.63, 3.8) is 0 Å². The first-order valence-corrected chi connectivity index (χ1v) is 8.05. The van der Waals surface area contributed by atoms with Gasteiger partial charge in [-0.15, -0.1) is 0 Å². The number of carboxylic acids is 1. The second-order valence-corrected chi connectivity index (χ2v) is 6.12. The molecule has 1 aromatic carbocycles. The summed E-state index contributed by atoms with van der Waals surface area (Å²) in [5, 5.41) is 8.75. The zero-order valence-electron chi connectivity index (χ0n) is 13.6. The number of hydrogen-bond donors (Lipinski definition) is 1. The third-order valence-electron chi connectivity index (χ3n) is 4.08. The van der Waals surface area contributed by atoms with Crippen LogP contribution in [0.5, 0.6) is 5.75 Å². The van der Waals surface area contributed by atoms with Crippen molar-refractivity contribution in [1.29, 1.82) is 0 Å². The van der Waals surface area contributed by atoms with E-state index in [0.717, 1.165) is 12.8 Å². The number of halogens is 3. The zero-order chi connectivity index (χ0) is 18.4. The summed E-state index contributed by atoms with van der Waals surface area (Å²) in [6, 6.07) is 5.56. The van der Waals surface area contributed by atoms with Crippen molar-refractivity contribution >= 4 is 11.9 Å². The number of alkyl halides is 3. The molecule has 25 heavy (non-hydrogen) atoms. The van der Waals surface area contributed by atoms with Crippen molar-refractivity contribution in [2.45, 2.75) is 31.9 Å². The Morgan fingerprint density at radius 3 is 2.52 bits per heavy atom. The Labute approximate surface area is 143 Å². The standard InChI is InChI=1S/C17H20F3NO4/c18-17(19,20)11-25-14-6-4-13(5-7-14)16(24)21-9-1-2-12(10-21)3-8-15(22)23/h4-7,12H,1-3,8-11H2,(H,22,23). The molecule has 2 rings (SSSR count). The van der Waals surface area contributed by atoms with E-state index in [4.69, 9.17) is 5.11 Å². The smallest absolute Gasteiger partial charge is 0.422 e. The largest absolute Gasteiger partial charge is 0.484 e. The van der Waals surface area contributed by atoms with Crippen LogP contribution >= 0.6 is 0 Å². The molecule has 1 saturated heterocycles. The Hall–Kier alpha value is -2.25. The topological polar surface area (TPSA) is 66.8 Å². The monoisotopic (exact) mass is 359 g/mol. The average molecular weight is 359 g/mol. The van der Waals surface area contributed by atoms with E-state index in [1.165, 1.54) is 24.3 Å². The number of ether oxygens (including phenoxy) is 1. The summed E-state index contributed by atoms with van der Waals surface area (Å²) >= 11 is 0. The highest BCUT2D eigenvalue weighted by atomic mass is 19.4.